The van der Waals surface area contributed by atoms with Crippen LogP contribution >= 0.6 is 0 Å². The lowest BCUT2D eigenvalue weighted by Gasteiger charge is -2.40. The Bertz CT molecular complexity index is 737. The van der Waals surface area contributed by atoms with E-state index in [2.05, 4.69) is 16.9 Å². The summed E-state index contributed by atoms with van der Waals surface area (Å²) < 4.78 is 1.84. The van der Waals surface area contributed by atoms with Crippen molar-refractivity contribution in [1.82, 2.24) is 19.6 Å². The van der Waals surface area contributed by atoms with Crippen LogP contribution in [0.3, 0.4) is 0 Å². The second-order valence-corrected chi connectivity index (χ2v) is 8.67. The highest BCUT2D eigenvalue weighted by Gasteiger charge is 2.42. The van der Waals surface area contributed by atoms with Gasteiger partial charge in [-0.15, -0.1) is 0 Å². The summed E-state index contributed by atoms with van der Waals surface area (Å²) in [6.07, 6.45) is 6.70. The third-order valence-electron chi connectivity index (χ3n) is 7.00. The molecule has 0 N–H and O–H groups in total. The molecule has 0 radical (unpaired) electrons. The van der Waals surface area contributed by atoms with Crippen LogP contribution < -0.4 is 0 Å². The minimum atomic E-state index is -0.0144. The molecule has 0 spiro atoms. The minimum Gasteiger partial charge on any atom is -0.338 e. The van der Waals surface area contributed by atoms with Crippen LogP contribution in [0.5, 0.6) is 0 Å². The van der Waals surface area contributed by atoms with Crippen LogP contribution in [0.1, 0.15) is 56.0 Å². The van der Waals surface area contributed by atoms with Crippen LogP contribution in [0, 0.1) is 25.7 Å². The summed E-state index contributed by atoms with van der Waals surface area (Å²) in [5, 5.41) is 4.57. The van der Waals surface area contributed by atoms with E-state index >= 15 is 0 Å². The number of carbonyl (C=O) groups is 2. The third-order valence-corrected chi connectivity index (χ3v) is 7.00. The van der Waals surface area contributed by atoms with Crippen molar-refractivity contribution in [3.8, 4) is 0 Å². The molecule has 3 saturated heterocycles. The van der Waals surface area contributed by atoms with Crippen molar-refractivity contribution in [3.63, 3.8) is 0 Å². The fourth-order valence-electron chi connectivity index (χ4n) is 5.07. The first kappa shape index (κ1) is 18.5. The Labute approximate surface area is 161 Å². The van der Waals surface area contributed by atoms with E-state index in [1.165, 1.54) is 24.8 Å². The highest BCUT2D eigenvalue weighted by molar-refractivity contribution is 5.83. The highest BCUT2D eigenvalue weighted by atomic mass is 16.2. The quantitative estimate of drug-likeness (QED) is 0.797. The summed E-state index contributed by atoms with van der Waals surface area (Å²) in [6, 6.07) is 0.201. The second kappa shape index (κ2) is 7.28. The van der Waals surface area contributed by atoms with E-state index in [0.717, 1.165) is 37.2 Å². The second-order valence-electron chi connectivity index (χ2n) is 8.67. The molecule has 1 aromatic rings. The maximum atomic E-state index is 13.0. The first-order valence-corrected chi connectivity index (χ1v) is 10.6. The molecule has 6 heteroatoms. The van der Waals surface area contributed by atoms with E-state index < -0.39 is 0 Å². The number of aryl methyl sites for hydroxylation is 1. The predicted molar refractivity (Wildman–Crippen MR) is 103 cm³/mol. The van der Waals surface area contributed by atoms with Gasteiger partial charge in [0.25, 0.3) is 0 Å². The minimum absolute atomic E-state index is 0.0144. The van der Waals surface area contributed by atoms with Crippen LogP contribution in [-0.2, 0) is 22.6 Å². The third kappa shape index (κ3) is 3.39. The van der Waals surface area contributed by atoms with E-state index in [4.69, 9.17) is 0 Å². The number of nitrogens with zero attached hydrogens (tertiary/aromatic N) is 4. The molecular formula is C21H32N4O2. The summed E-state index contributed by atoms with van der Waals surface area (Å²) in [5.74, 6) is 1.05. The molecule has 2 amide bonds. The number of amides is 2. The number of hydrogen-bond acceptors (Lipinski definition) is 3. The zero-order chi connectivity index (χ0) is 19.1. The smallest absolute Gasteiger partial charge is 0.244 e. The fourth-order valence-corrected chi connectivity index (χ4v) is 5.07. The SMILES string of the molecule is CCc1c(C)nn(CC(=O)N2CC3CCC(C2)N(CC2CCC2)C3=O)c1C. The van der Waals surface area contributed by atoms with Gasteiger partial charge in [0, 0.05) is 31.4 Å². The zero-order valence-electron chi connectivity index (χ0n) is 16.9. The van der Waals surface area contributed by atoms with Gasteiger partial charge in [0.1, 0.15) is 6.54 Å². The molecule has 5 rings (SSSR count). The summed E-state index contributed by atoms with van der Waals surface area (Å²) in [5.41, 5.74) is 3.34. The average molecular weight is 373 g/mol. The first-order valence-electron chi connectivity index (χ1n) is 10.6. The number of piperidine rings is 1. The average Bonchev–Trinajstić information content (AvgIpc) is 2.77. The van der Waals surface area contributed by atoms with Gasteiger partial charge in [-0.3, -0.25) is 14.3 Å². The molecule has 1 aromatic heterocycles. The molecule has 2 unspecified atom stereocenters. The lowest BCUT2D eigenvalue weighted by molar-refractivity contribution is -0.141. The lowest BCUT2D eigenvalue weighted by atomic mass is 9.83. The number of aromatic nitrogens is 2. The van der Waals surface area contributed by atoms with Crippen LogP contribution in [-0.4, -0.2) is 57.1 Å². The van der Waals surface area contributed by atoms with Crippen molar-refractivity contribution in [2.24, 2.45) is 11.8 Å². The maximum Gasteiger partial charge on any atom is 0.244 e. The maximum absolute atomic E-state index is 13.0. The largest absolute Gasteiger partial charge is 0.338 e. The molecule has 1 aliphatic carbocycles. The molecule has 148 valence electrons. The molecule has 4 heterocycles. The first-order chi connectivity index (χ1) is 13.0. The van der Waals surface area contributed by atoms with Gasteiger partial charge in [-0.05, 0) is 57.4 Å². The number of fused-ring (bicyclic) bond motifs is 4. The van der Waals surface area contributed by atoms with Crippen molar-refractivity contribution >= 4 is 11.8 Å². The van der Waals surface area contributed by atoms with E-state index in [1.54, 1.807) is 0 Å². The van der Waals surface area contributed by atoms with E-state index in [1.807, 2.05) is 23.4 Å². The highest BCUT2D eigenvalue weighted by Crippen LogP contribution is 2.34. The molecule has 1 saturated carbocycles. The summed E-state index contributed by atoms with van der Waals surface area (Å²) in [4.78, 5) is 30.0. The van der Waals surface area contributed by atoms with Gasteiger partial charge in [-0.2, -0.15) is 5.10 Å². The van der Waals surface area contributed by atoms with Crippen LogP contribution in [0.25, 0.3) is 0 Å². The topological polar surface area (TPSA) is 58.4 Å². The molecule has 3 aliphatic heterocycles. The molecule has 2 bridgehead atoms. The summed E-state index contributed by atoms with van der Waals surface area (Å²) in [7, 11) is 0. The van der Waals surface area contributed by atoms with Crippen molar-refractivity contribution < 1.29 is 9.59 Å². The van der Waals surface area contributed by atoms with E-state index in [0.29, 0.717) is 19.0 Å². The van der Waals surface area contributed by atoms with Crippen LogP contribution in [0.4, 0.5) is 0 Å². The molecule has 4 fully saturated rings. The molecular weight excluding hydrogens is 340 g/mol. The Kier molecular flexibility index (Phi) is 4.99. The lowest BCUT2D eigenvalue weighted by Crippen LogP contribution is -2.50. The monoisotopic (exact) mass is 372 g/mol. The Morgan fingerprint density at radius 2 is 1.93 bits per heavy atom. The molecule has 6 nitrogen and oxygen atoms in total. The van der Waals surface area contributed by atoms with Gasteiger partial charge < -0.3 is 9.80 Å². The number of carbonyl (C=O) groups excluding carboxylic acids is 2. The summed E-state index contributed by atoms with van der Waals surface area (Å²) >= 11 is 0. The number of rotatable bonds is 5. The van der Waals surface area contributed by atoms with Gasteiger partial charge in [-0.25, -0.2) is 0 Å². The Balaban J connectivity index is 1.46. The van der Waals surface area contributed by atoms with E-state index in [-0.39, 0.29) is 30.3 Å². The molecule has 0 aromatic carbocycles. The standard InChI is InChI=1S/C21H32N4O2/c1-4-19-14(2)22-25(15(19)3)13-20(26)23-11-17-8-9-18(12-23)24(21(17)27)10-16-6-5-7-16/h16-18H,4-13H2,1-3H3. The molecule has 27 heavy (non-hydrogen) atoms. The Morgan fingerprint density at radius 3 is 2.56 bits per heavy atom. The zero-order valence-corrected chi connectivity index (χ0v) is 16.9. The van der Waals surface area contributed by atoms with Gasteiger partial charge in [0.15, 0.2) is 0 Å². The van der Waals surface area contributed by atoms with Crippen molar-refractivity contribution in [3.05, 3.63) is 17.0 Å². The van der Waals surface area contributed by atoms with Crippen molar-refractivity contribution in [2.75, 3.05) is 19.6 Å². The van der Waals surface area contributed by atoms with Gasteiger partial charge >= 0.3 is 0 Å². The Morgan fingerprint density at radius 1 is 1.15 bits per heavy atom. The van der Waals surface area contributed by atoms with E-state index in [9.17, 15) is 9.59 Å². The predicted octanol–water partition coefficient (Wildman–Crippen LogP) is 2.31. The van der Waals surface area contributed by atoms with Crippen LogP contribution in [0.15, 0.2) is 0 Å². The normalized spacial score (nSPS) is 25.7. The van der Waals surface area contributed by atoms with Crippen molar-refractivity contribution in [1.29, 1.82) is 0 Å². The fraction of sp³-hybridized carbons (Fsp3) is 0.762. The Hall–Kier alpha value is -1.85. The number of hydrogen-bond donors (Lipinski definition) is 0. The molecule has 2 atom stereocenters. The molecule has 4 aliphatic rings. The van der Waals surface area contributed by atoms with Gasteiger partial charge in [0.2, 0.25) is 11.8 Å². The van der Waals surface area contributed by atoms with Gasteiger partial charge in [-0.1, -0.05) is 13.3 Å². The van der Waals surface area contributed by atoms with Crippen molar-refractivity contribution in [2.45, 2.75) is 71.9 Å². The van der Waals surface area contributed by atoms with Crippen LogP contribution in [0.2, 0.25) is 0 Å². The van der Waals surface area contributed by atoms with Gasteiger partial charge in [0.05, 0.1) is 11.6 Å². The summed E-state index contributed by atoms with van der Waals surface area (Å²) in [6.45, 7) is 8.63.